The van der Waals surface area contributed by atoms with Gasteiger partial charge >= 0.3 is 5.97 Å². The molecular weight excluding hydrogens is 688 g/mol. The van der Waals surface area contributed by atoms with Crippen LogP contribution < -0.4 is 43.8 Å². The van der Waals surface area contributed by atoms with E-state index in [1.807, 2.05) is 13.8 Å². The van der Waals surface area contributed by atoms with Gasteiger partial charge in [-0.15, -0.1) is 0 Å². The van der Waals surface area contributed by atoms with Crippen LogP contribution in [0, 0.1) is 11.8 Å². The van der Waals surface area contributed by atoms with Crippen LogP contribution in [0.15, 0.2) is 24.3 Å². The maximum Gasteiger partial charge on any atom is 0.306 e. The van der Waals surface area contributed by atoms with Gasteiger partial charge in [-0.05, 0) is 94.5 Å². The number of aromatic hydroxyl groups is 1. The molecule has 0 saturated carbocycles. The van der Waals surface area contributed by atoms with E-state index in [0.717, 1.165) is 0 Å². The Bertz CT molecular complexity index is 1390. The summed E-state index contributed by atoms with van der Waals surface area (Å²) < 4.78 is 0. The van der Waals surface area contributed by atoms with Crippen LogP contribution in [0.5, 0.6) is 5.75 Å². The number of carboxylic acids is 1. The van der Waals surface area contributed by atoms with Gasteiger partial charge in [-0.1, -0.05) is 26.0 Å². The summed E-state index contributed by atoms with van der Waals surface area (Å²) in [5, 5.41) is 32.7. The normalized spacial score (nSPS) is 21.5. The number of phenolic OH excluding ortho intramolecular Hbond substituents is 1. The van der Waals surface area contributed by atoms with Crippen molar-refractivity contribution in [1.82, 2.24) is 26.6 Å². The second-order valence-electron chi connectivity index (χ2n) is 14.0. The van der Waals surface area contributed by atoms with Gasteiger partial charge in [0.15, 0.2) is 5.78 Å². The summed E-state index contributed by atoms with van der Waals surface area (Å²) in [6.07, 6.45) is 1.87. The van der Waals surface area contributed by atoms with E-state index >= 15 is 0 Å². The molecule has 2 rings (SSSR count). The molecule has 1 fully saturated rings. The molecule has 1 aliphatic rings. The minimum Gasteiger partial charge on any atom is -0.508 e. The Kier molecular flexibility index (Phi) is 19.4. The zero-order valence-corrected chi connectivity index (χ0v) is 30.7. The number of hydrogen-bond donors (Lipinski definition) is 10. The van der Waals surface area contributed by atoms with Gasteiger partial charge in [-0.2, -0.15) is 0 Å². The highest BCUT2D eigenvalue weighted by Gasteiger charge is 2.34. The largest absolute Gasteiger partial charge is 0.508 e. The van der Waals surface area contributed by atoms with Crippen molar-refractivity contribution in [2.45, 2.75) is 115 Å². The van der Waals surface area contributed by atoms with Gasteiger partial charge < -0.3 is 54.0 Å². The average Bonchev–Trinajstić information content (AvgIpc) is 3.11. The molecule has 17 nitrogen and oxygen atoms in total. The molecule has 17 heteroatoms. The standard InChI is InChI=1S/C36H58N8O9/c1-21(2)17-23(36(52)53)19-30(46)28(18-22-9-11-24(45)12-10-22)43-35(51)29-20-40-31(47)14-13-25(39)32(48)41-26(7-3-5-15-37)33(49)42-27(34(50)44-29)8-4-6-16-38/h9-12,21,23,25-29,45H,3-8,13-20,37-39H2,1-2H3,(H,40,47)(H,41,48)(H,42,49)(H,43,51)(H,44,50)(H,52,53)/t23-,25+,26+,27+,28+,29+/m1/s1. The zero-order chi connectivity index (χ0) is 39.5. The molecule has 13 N–H and O–H groups in total. The average molecular weight is 747 g/mol. The van der Waals surface area contributed by atoms with E-state index in [1.165, 1.54) is 12.1 Å². The number of amides is 5. The third-order valence-corrected chi connectivity index (χ3v) is 8.95. The molecule has 1 saturated heterocycles. The zero-order valence-electron chi connectivity index (χ0n) is 30.7. The molecule has 53 heavy (non-hydrogen) atoms. The Balaban J connectivity index is 2.46. The van der Waals surface area contributed by atoms with Crippen LogP contribution in [-0.2, 0) is 40.0 Å². The van der Waals surface area contributed by atoms with Gasteiger partial charge in [-0.3, -0.25) is 33.6 Å². The van der Waals surface area contributed by atoms with Gasteiger partial charge in [0, 0.05) is 19.4 Å². The first kappa shape index (κ1) is 44.6. The van der Waals surface area contributed by atoms with Crippen molar-refractivity contribution in [2.75, 3.05) is 19.6 Å². The topological polar surface area (TPSA) is 298 Å². The predicted molar refractivity (Wildman–Crippen MR) is 196 cm³/mol. The fraction of sp³-hybridized carbons (Fsp3) is 0.639. The van der Waals surface area contributed by atoms with E-state index in [2.05, 4.69) is 26.6 Å². The van der Waals surface area contributed by atoms with Gasteiger partial charge in [0.25, 0.3) is 0 Å². The van der Waals surface area contributed by atoms with Crippen molar-refractivity contribution in [3.8, 4) is 5.75 Å². The van der Waals surface area contributed by atoms with Crippen molar-refractivity contribution in [3.05, 3.63) is 29.8 Å². The summed E-state index contributed by atoms with van der Waals surface area (Å²) >= 11 is 0. The summed E-state index contributed by atoms with van der Waals surface area (Å²) in [4.78, 5) is 92.8. The first-order valence-electron chi connectivity index (χ1n) is 18.3. The number of aliphatic carboxylic acids is 1. The van der Waals surface area contributed by atoms with Gasteiger partial charge in [0.2, 0.25) is 29.5 Å². The molecule has 1 heterocycles. The molecule has 5 amide bonds. The number of benzene rings is 1. The number of nitrogens with one attached hydrogen (secondary N) is 5. The van der Waals surface area contributed by atoms with Crippen molar-refractivity contribution in [2.24, 2.45) is 29.0 Å². The smallest absolute Gasteiger partial charge is 0.306 e. The minimum absolute atomic E-state index is 0.0199. The Labute approximate surface area is 310 Å². The first-order valence-corrected chi connectivity index (χ1v) is 18.3. The lowest BCUT2D eigenvalue weighted by Crippen LogP contribution is -2.60. The number of phenols is 1. The highest BCUT2D eigenvalue weighted by atomic mass is 16.4. The molecule has 296 valence electrons. The SMILES string of the molecule is CC(C)C[C@H](CC(=O)[C@H](Cc1ccc(O)cc1)NC(=O)[C@@H]1CNC(=O)CC[C@H](N)C(=O)N[C@@H](CCCCN)C(=O)N[C@@H](CCCCN)C(=O)N1)C(=O)O. The molecule has 0 unspecified atom stereocenters. The first-order chi connectivity index (χ1) is 25.1. The summed E-state index contributed by atoms with van der Waals surface area (Å²) in [5.41, 5.74) is 17.9. The van der Waals surface area contributed by atoms with Crippen molar-refractivity contribution in [1.29, 1.82) is 0 Å². The molecule has 1 aromatic carbocycles. The van der Waals surface area contributed by atoms with E-state index in [9.17, 15) is 43.8 Å². The van der Waals surface area contributed by atoms with E-state index in [0.29, 0.717) is 44.3 Å². The minimum atomic E-state index is -1.44. The van der Waals surface area contributed by atoms with Crippen molar-refractivity contribution >= 4 is 41.3 Å². The van der Waals surface area contributed by atoms with Crippen LogP contribution in [0.1, 0.15) is 83.6 Å². The van der Waals surface area contributed by atoms with Crippen LogP contribution in [0.25, 0.3) is 0 Å². The number of unbranched alkanes of at least 4 members (excludes halogenated alkanes) is 2. The molecule has 0 bridgehead atoms. The molecular formula is C36H58N8O9. The molecule has 0 aromatic heterocycles. The Morgan fingerprint density at radius 3 is 1.98 bits per heavy atom. The highest BCUT2D eigenvalue weighted by molar-refractivity contribution is 5.97. The number of hydrogen-bond acceptors (Lipinski definition) is 11. The van der Waals surface area contributed by atoms with Crippen molar-refractivity contribution < 1.29 is 43.8 Å². The summed E-state index contributed by atoms with van der Waals surface area (Å²) in [7, 11) is 0. The quantitative estimate of drug-likeness (QED) is 0.0816. The number of Topliss-reactive ketones (excluding diaryl/α,β-unsaturated/α-hetero) is 1. The predicted octanol–water partition coefficient (Wildman–Crippen LogP) is -0.925. The summed E-state index contributed by atoms with van der Waals surface area (Å²) in [5.74, 6) is -6.24. The van der Waals surface area contributed by atoms with E-state index in [4.69, 9.17) is 17.2 Å². The molecule has 1 aliphatic heterocycles. The molecule has 0 radical (unpaired) electrons. The summed E-state index contributed by atoms with van der Waals surface area (Å²) in [6, 6.07) is -0.123. The monoisotopic (exact) mass is 746 g/mol. The number of carbonyl (C=O) groups excluding carboxylic acids is 6. The van der Waals surface area contributed by atoms with Crippen LogP contribution in [0.3, 0.4) is 0 Å². The number of ketones is 1. The number of nitrogens with two attached hydrogens (primary N) is 3. The van der Waals surface area contributed by atoms with Gasteiger partial charge in [0.1, 0.15) is 23.9 Å². The maximum absolute atomic E-state index is 14.0. The Morgan fingerprint density at radius 2 is 1.43 bits per heavy atom. The van der Waals surface area contributed by atoms with E-state index < -0.39 is 84.0 Å². The fourth-order valence-electron chi connectivity index (χ4n) is 5.89. The van der Waals surface area contributed by atoms with Crippen LogP contribution in [0.4, 0.5) is 0 Å². The third kappa shape index (κ3) is 16.3. The lowest BCUT2D eigenvalue weighted by atomic mass is 9.89. The number of carboxylic acid groups (broad SMARTS) is 1. The van der Waals surface area contributed by atoms with Crippen molar-refractivity contribution in [3.63, 3.8) is 0 Å². The third-order valence-electron chi connectivity index (χ3n) is 8.95. The summed E-state index contributed by atoms with van der Waals surface area (Å²) in [6.45, 7) is 3.93. The molecule has 6 atom stereocenters. The Hall–Kier alpha value is -4.61. The molecule has 1 aromatic rings. The van der Waals surface area contributed by atoms with Crippen LogP contribution >= 0.6 is 0 Å². The Morgan fingerprint density at radius 1 is 0.868 bits per heavy atom. The van der Waals surface area contributed by atoms with E-state index in [-0.39, 0.29) is 56.6 Å². The van der Waals surface area contributed by atoms with Crippen LogP contribution in [0.2, 0.25) is 0 Å². The van der Waals surface area contributed by atoms with Gasteiger partial charge in [0.05, 0.1) is 18.0 Å². The second kappa shape index (κ2) is 23.1. The lowest BCUT2D eigenvalue weighted by molar-refractivity contribution is -0.144. The molecule has 0 aliphatic carbocycles. The van der Waals surface area contributed by atoms with Crippen LogP contribution in [-0.4, -0.2) is 101 Å². The van der Waals surface area contributed by atoms with Gasteiger partial charge in [-0.25, -0.2) is 0 Å². The number of rotatable bonds is 18. The highest BCUT2D eigenvalue weighted by Crippen LogP contribution is 2.19. The van der Waals surface area contributed by atoms with E-state index in [1.54, 1.807) is 12.1 Å². The fourth-order valence-corrected chi connectivity index (χ4v) is 5.89. The number of carbonyl (C=O) groups is 7. The maximum atomic E-state index is 14.0. The lowest BCUT2D eigenvalue weighted by Gasteiger charge is -2.27. The second-order valence-corrected chi connectivity index (χ2v) is 14.0. The molecule has 0 spiro atoms.